The van der Waals surface area contributed by atoms with E-state index in [4.69, 9.17) is 39.5 Å². The Morgan fingerprint density at radius 3 is 1.42 bits per heavy atom. The van der Waals surface area contributed by atoms with Crippen molar-refractivity contribution in [1.82, 2.24) is 84.2 Å². The predicted octanol–water partition coefficient (Wildman–Crippen LogP) is -9.91. The molecule has 0 saturated carbocycles. The zero-order valence-corrected chi connectivity index (χ0v) is 61.8. The van der Waals surface area contributed by atoms with Crippen LogP contribution in [0.2, 0.25) is 0 Å². The Bertz CT molecular complexity index is 3100. The highest BCUT2D eigenvalue weighted by Gasteiger charge is 2.43. The molecule has 0 bridgehead atoms. The normalized spacial score (nSPS) is 17.2. The van der Waals surface area contributed by atoms with E-state index in [9.17, 15) is 91.7 Å². The van der Waals surface area contributed by atoms with Gasteiger partial charge in [-0.1, -0.05) is 0 Å². The number of nitrogens with zero attached hydrogens (tertiary/aromatic N) is 2. The quantitative estimate of drug-likeness (QED) is 0.00884. The first-order valence-corrected chi connectivity index (χ1v) is 36.5. The van der Waals surface area contributed by atoms with E-state index >= 15 is 0 Å². The van der Waals surface area contributed by atoms with Gasteiger partial charge in [0, 0.05) is 38.4 Å². The number of nitrogens with two attached hydrogens (primary N) is 5. The van der Waals surface area contributed by atoms with Crippen LogP contribution in [0.3, 0.4) is 0 Å². The van der Waals surface area contributed by atoms with Gasteiger partial charge in [0.2, 0.25) is 88.6 Å². The first-order chi connectivity index (χ1) is 50.1. The lowest BCUT2D eigenvalue weighted by atomic mass is 10.0. The SMILES string of the molecule is CN[C@@H](CS)C(=O)N[C@@H](C)C(=O)N[C@@H](CC(N)=O)C(=O)N[C@@H](CO)C(=O)N[C@@H](CC(N)=O)C(=O)N1CCC[C@H]1C(=O)N[C@@H](C)C(=O)N[C@@H](CCSC)C(=O)NC(C)C(=O)N1CCC[C@H]1C(=O)N[C@@H](CCCNC(=N)N)C(=O)NC(CCC(=O)O)C(=O)N[C@@H](CCCNC(=N)N)C(=O)N[C@H](C=O)CCCCN. The van der Waals surface area contributed by atoms with Crippen LogP contribution in [0.1, 0.15) is 124 Å². The molecule has 2 fully saturated rings. The number of nitrogens with one attached hydrogen (secondary N) is 16. The summed E-state index contributed by atoms with van der Waals surface area (Å²) in [4.78, 5) is 230. The number of carboxylic acid groups (broad SMARTS) is 1. The topological polar surface area (TPSA) is 683 Å². The number of thiol groups is 1. The van der Waals surface area contributed by atoms with Crippen LogP contribution in [-0.4, -0.2) is 282 Å². The van der Waals surface area contributed by atoms with Crippen molar-refractivity contribution in [3.63, 3.8) is 0 Å². The van der Waals surface area contributed by atoms with Crippen molar-refractivity contribution in [3.05, 3.63) is 0 Å². The van der Waals surface area contributed by atoms with Gasteiger partial charge in [-0.3, -0.25) is 87.5 Å². The number of carboxylic acids is 1. The lowest BCUT2D eigenvalue weighted by Gasteiger charge is -2.30. The van der Waals surface area contributed by atoms with E-state index in [1.54, 1.807) is 6.26 Å². The highest BCUT2D eigenvalue weighted by molar-refractivity contribution is 7.98. The summed E-state index contributed by atoms with van der Waals surface area (Å²) in [7, 11) is 1.48. The number of likely N-dealkylation sites (N-methyl/N-ethyl adjacent to an activating group) is 1. The van der Waals surface area contributed by atoms with Gasteiger partial charge in [0.15, 0.2) is 11.9 Å². The fraction of sp³-hybridized carbons (Fsp3) is 0.694. The molecule has 0 aromatic rings. The summed E-state index contributed by atoms with van der Waals surface area (Å²) in [5, 5.41) is 69.6. The number of rotatable bonds is 50. The molecular weight excluding hydrogens is 1430 g/mol. The summed E-state index contributed by atoms with van der Waals surface area (Å²) in [5.41, 5.74) is 27.2. The molecule has 2 aliphatic heterocycles. The number of unbranched alkanes of at least 4 members (excludes halogenated alkanes) is 1. The van der Waals surface area contributed by atoms with Crippen LogP contribution in [0.15, 0.2) is 0 Å². The smallest absolute Gasteiger partial charge is 0.303 e. The Labute approximate surface area is 622 Å². The van der Waals surface area contributed by atoms with Crippen LogP contribution in [0.25, 0.3) is 0 Å². The second-order valence-electron chi connectivity index (χ2n) is 25.3. The Kier molecular flexibility index (Phi) is 42.2. The van der Waals surface area contributed by atoms with Gasteiger partial charge in [0.05, 0.1) is 31.5 Å². The van der Waals surface area contributed by atoms with Crippen molar-refractivity contribution >= 4 is 137 Å². The second-order valence-corrected chi connectivity index (χ2v) is 26.6. The molecule has 0 aromatic heterocycles. The Balaban J connectivity index is 2.30. The minimum atomic E-state index is -1.91. The molecule has 14 atom stereocenters. The van der Waals surface area contributed by atoms with Crippen LogP contribution < -0.4 is 103 Å². The van der Waals surface area contributed by atoms with Crippen LogP contribution in [0.5, 0.6) is 0 Å². The van der Waals surface area contributed by atoms with Crippen LogP contribution in [0, 0.1) is 10.8 Å². The summed E-state index contributed by atoms with van der Waals surface area (Å²) < 4.78 is 0. The van der Waals surface area contributed by atoms with E-state index in [0.29, 0.717) is 25.7 Å². The molecule has 596 valence electrons. The molecule has 44 heteroatoms. The van der Waals surface area contributed by atoms with Crippen molar-refractivity contribution in [2.24, 2.45) is 28.7 Å². The lowest BCUT2D eigenvalue weighted by Crippen LogP contribution is -2.61. The maximum atomic E-state index is 14.3. The molecule has 42 nitrogen and oxygen atoms in total. The van der Waals surface area contributed by atoms with E-state index in [-0.39, 0.29) is 108 Å². The van der Waals surface area contributed by atoms with Crippen molar-refractivity contribution in [3.8, 4) is 0 Å². The van der Waals surface area contributed by atoms with Gasteiger partial charge in [0.1, 0.15) is 78.8 Å². The van der Waals surface area contributed by atoms with Crippen molar-refractivity contribution in [1.29, 1.82) is 10.8 Å². The maximum Gasteiger partial charge on any atom is 0.303 e. The first-order valence-electron chi connectivity index (χ1n) is 34.5. The highest BCUT2D eigenvalue weighted by atomic mass is 32.2. The number of guanidine groups is 2. The summed E-state index contributed by atoms with van der Waals surface area (Å²) in [6, 6.07) is -19.7. The van der Waals surface area contributed by atoms with Crippen molar-refractivity contribution < 1.29 is 91.7 Å². The van der Waals surface area contributed by atoms with E-state index in [0.717, 1.165) is 4.90 Å². The first kappa shape index (κ1) is 92.4. The van der Waals surface area contributed by atoms with Gasteiger partial charge in [-0.25, -0.2) is 0 Å². The van der Waals surface area contributed by atoms with Crippen LogP contribution >= 0.6 is 24.4 Å². The number of carbonyl (C=O) groups is 17. The minimum Gasteiger partial charge on any atom is -0.481 e. The van der Waals surface area contributed by atoms with E-state index in [1.165, 1.54) is 44.5 Å². The summed E-state index contributed by atoms with van der Waals surface area (Å²) in [6.07, 6.45) is 1.16. The summed E-state index contributed by atoms with van der Waals surface area (Å²) in [5.74, 6) is -16.1. The van der Waals surface area contributed by atoms with E-state index in [2.05, 4.69) is 87.1 Å². The number of aldehydes is 1. The zero-order valence-electron chi connectivity index (χ0n) is 60.1. The van der Waals surface area contributed by atoms with Gasteiger partial charge in [0.25, 0.3) is 0 Å². The molecule has 2 saturated heterocycles. The number of likely N-dealkylation sites (tertiary alicyclic amines) is 2. The molecule has 2 aliphatic rings. The Morgan fingerprint density at radius 2 is 0.925 bits per heavy atom. The highest BCUT2D eigenvalue weighted by Crippen LogP contribution is 2.22. The number of amides is 15. The molecule has 0 radical (unpaired) electrons. The molecule has 15 amide bonds. The number of primary amides is 2. The number of aliphatic hydroxyl groups excluding tert-OH is 1. The van der Waals surface area contributed by atoms with Gasteiger partial charge in [-0.15, -0.1) is 0 Å². The molecule has 0 aliphatic carbocycles. The summed E-state index contributed by atoms with van der Waals surface area (Å²) in [6.45, 7) is 3.06. The molecule has 28 N–H and O–H groups in total. The molecule has 106 heavy (non-hydrogen) atoms. The number of aliphatic hydroxyl groups is 1. The maximum absolute atomic E-state index is 14.3. The third-order valence-electron chi connectivity index (χ3n) is 16.9. The Hall–Kier alpha value is -9.69. The Morgan fingerprint density at radius 1 is 0.509 bits per heavy atom. The number of hydrogen-bond acceptors (Lipinski definition) is 24. The van der Waals surface area contributed by atoms with E-state index < -0.39 is 217 Å². The van der Waals surface area contributed by atoms with E-state index in [1.807, 2.05) is 0 Å². The number of aliphatic carboxylic acids is 1. The molecule has 0 spiro atoms. The third-order valence-corrected chi connectivity index (χ3v) is 17.9. The second kappa shape index (κ2) is 48.4. The fourth-order valence-electron chi connectivity index (χ4n) is 11.1. The van der Waals surface area contributed by atoms with Gasteiger partial charge < -0.3 is 128 Å². The monoisotopic (exact) mass is 1540 g/mol. The van der Waals surface area contributed by atoms with Crippen molar-refractivity contribution in [2.45, 2.75) is 208 Å². The standard InChI is InChI=1S/C62H107N23O19S2/c1-31(73-56(100)42(30-105)70-4)49(93)81-39(26-45(64)88)54(98)83-41(29-87)55(99)82-40(27-46(65)89)60(104)85-24-11-15-43(85)57(101)74-32(2)48(92)77-38(19-25-106-5)50(94)75-33(3)59(103)84-23-10-16-44(84)58(102)80-36(14-9-22-72-62(68)69)52(96)79-37(17-18-47(90)91)53(97)78-35(13-8-21-71-61(66)67)51(95)76-34(28-86)12-6-7-20-63/h28,31-44,70,87,105H,6-27,29-30,63H2,1-5H3,(H2,64,88)(H2,65,89)(H,73,100)(H,74,101)(H,75,94)(H,76,95)(H,77,92)(H,78,97)(H,79,96)(H,80,102)(H,81,93)(H,82,99)(H,83,98)(H,90,91)(H4,66,67,71)(H4,68,69,72)/t31-,32-,33?,34-,35-,36-,37?,38-,39-,40-,41-,42-,43-,44-/m0/s1. The predicted molar refractivity (Wildman–Crippen MR) is 386 cm³/mol. The average molecular weight is 1540 g/mol. The van der Waals surface area contributed by atoms with Crippen LogP contribution in [-0.2, 0) is 81.5 Å². The summed E-state index contributed by atoms with van der Waals surface area (Å²) >= 11 is 5.37. The lowest BCUT2D eigenvalue weighted by molar-refractivity contribution is -0.143. The van der Waals surface area contributed by atoms with Crippen molar-refractivity contribution in [2.75, 3.05) is 64.1 Å². The van der Waals surface area contributed by atoms with Gasteiger partial charge >= 0.3 is 5.97 Å². The number of hydrogen-bond donors (Lipinski definition) is 24. The number of carbonyl (C=O) groups excluding carboxylic acids is 16. The molecule has 2 rings (SSSR count). The van der Waals surface area contributed by atoms with Crippen LogP contribution in [0.4, 0.5) is 0 Å². The van der Waals surface area contributed by atoms with Gasteiger partial charge in [-0.05, 0) is 130 Å². The molecular formula is C62H107N23O19S2. The fourth-order valence-corrected chi connectivity index (χ4v) is 11.9. The largest absolute Gasteiger partial charge is 0.481 e. The third kappa shape index (κ3) is 32.8. The molecule has 2 heterocycles. The molecule has 0 aromatic carbocycles. The molecule has 2 unspecified atom stereocenters. The zero-order chi connectivity index (χ0) is 79.9. The van der Waals surface area contributed by atoms with Gasteiger partial charge in [-0.2, -0.15) is 24.4 Å². The average Bonchev–Trinajstić information content (AvgIpc) is 1.63. The minimum absolute atomic E-state index is 0.00170. The number of thioether (sulfide) groups is 1.